The van der Waals surface area contributed by atoms with E-state index in [2.05, 4.69) is 46.3 Å². The Balaban J connectivity index is 0.00000288. The molecule has 1 aromatic heterocycles. The second kappa shape index (κ2) is 12.9. The Morgan fingerprint density at radius 2 is 2.38 bits per heavy atom. The van der Waals surface area contributed by atoms with Crippen molar-refractivity contribution >= 4 is 41.3 Å². The fraction of sp³-hybridized carbons (Fsp3) is 0.706. The number of hydrogen-bond donors (Lipinski definition) is 2. The number of halogens is 1. The van der Waals surface area contributed by atoms with E-state index >= 15 is 0 Å². The summed E-state index contributed by atoms with van der Waals surface area (Å²) in [6, 6.07) is 2.18. The largest absolute Gasteiger partial charge is 0.379 e. The molecule has 2 atom stereocenters. The molecular weight excluding hydrogens is 437 g/mol. The Hall–Kier alpha value is -0.380. The highest BCUT2D eigenvalue weighted by atomic mass is 127. The van der Waals surface area contributed by atoms with E-state index in [1.165, 1.54) is 5.56 Å². The molecule has 0 spiro atoms. The average molecular weight is 467 g/mol. The van der Waals surface area contributed by atoms with Crippen LogP contribution in [0.4, 0.5) is 0 Å². The van der Waals surface area contributed by atoms with Crippen LogP contribution in [0.25, 0.3) is 0 Å². The molecule has 2 N–H and O–H groups in total. The third-order valence-corrected chi connectivity index (χ3v) is 4.54. The molecule has 0 radical (unpaired) electrons. The van der Waals surface area contributed by atoms with Gasteiger partial charge in [0.1, 0.15) is 0 Å². The molecule has 2 unspecified atom stereocenters. The SMILES string of the molecule is CCNC(=NCC(C)c1ccsc1)NCCCOC1CCOC1.I. The molecule has 24 heavy (non-hydrogen) atoms. The fourth-order valence-corrected chi connectivity index (χ4v) is 3.19. The van der Waals surface area contributed by atoms with Crippen LogP contribution in [0, 0.1) is 0 Å². The van der Waals surface area contributed by atoms with Crippen molar-refractivity contribution in [1.82, 2.24) is 10.6 Å². The predicted molar refractivity (Wildman–Crippen MR) is 112 cm³/mol. The van der Waals surface area contributed by atoms with E-state index in [1.54, 1.807) is 11.3 Å². The number of nitrogens with one attached hydrogen (secondary N) is 2. The minimum absolute atomic E-state index is 0. The van der Waals surface area contributed by atoms with Crippen LogP contribution in [-0.2, 0) is 9.47 Å². The van der Waals surface area contributed by atoms with E-state index in [1.807, 2.05) is 0 Å². The normalized spacial score (nSPS) is 18.9. The van der Waals surface area contributed by atoms with Gasteiger partial charge in [0.25, 0.3) is 0 Å². The topological polar surface area (TPSA) is 54.9 Å². The first-order chi connectivity index (χ1) is 11.3. The molecule has 7 heteroatoms. The minimum atomic E-state index is 0. The maximum absolute atomic E-state index is 5.77. The Labute approximate surface area is 166 Å². The van der Waals surface area contributed by atoms with Gasteiger partial charge in [0.2, 0.25) is 0 Å². The van der Waals surface area contributed by atoms with Crippen molar-refractivity contribution in [3.8, 4) is 0 Å². The van der Waals surface area contributed by atoms with E-state index in [0.717, 1.165) is 58.3 Å². The fourth-order valence-electron chi connectivity index (χ4n) is 2.40. The van der Waals surface area contributed by atoms with Crippen LogP contribution < -0.4 is 10.6 Å². The van der Waals surface area contributed by atoms with E-state index in [9.17, 15) is 0 Å². The first kappa shape index (κ1) is 21.7. The molecule has 0 bridgehead atoms. The maximum atomic E-state index is 5.77. The molecule has 138 valence electrons. The number of thiophene rings is 1. The summed E-state index contributed by atoms with van der Waals surface area (Å²) in [5.41, 5.74) is 1.36. The molecular formula is C17H30IN3O2S. The Morgan fingerprint density at radius 1 is 1.50 bits per heavy atom. The molecule has 1 saturated heterocycles. The van der Waals surface area contributed by atoms with Crippen LogP contribution in [0.1, 0.15) is 38.2 Å². The highest BCUT2D eigenvalue weighted by Gasteiger charge is 2.15. The lowest BCUT2D eigenvalue weighted by Gasteiger charge is -2.14. The zero-order chi connectivity index (χ0) is 16.3. The Morgan fingerprint density at radius 3 is 3.04 bits per heavy atom. The molecule has 1 aromatic rings. The van der Waals surface area contributed by atoms with Gasteiger partial charge in [-0.3, -0.25) is 4.99 Å². The van der Waals surface area contributed by atoms with Crippen molar-refractivity contribution in [2.45, 2.75) is 38.7 Å². The molecule has 0 aliphatic carbocycles. The minimum Gasteiger partial charge on any atom is -0.379 e. The highest BCUT2D eigenvalue weighted by Crippen LogP contribution is 2.18. The summed E-state index contributed by atoms with van der Waals surface area (Å²) in [6.45, 7) is 9.18. The second-order valence-electron chi connectivity index (χ2n) is 5.81. The lowest BCUT2D eigenvalue weighted by atomic mass is 10.1. The van der Waals surface area contributed by atoms with Crippen molar-refractivity contribution in [2.75, 3.05) is 39.5 Å². The Kier molecular flexibility index (Phi) is 11.7. The van der Waals surface area contributed by atoms with Crippen molar-refractivity contribution < 1.29 is 9.47 Å². The first-order valence-corrected chi connectivity index (χ1v) is 9.47. The summed E-state index contributed by atoms with van der Waals surface area (Å²) >= 11 is 1.74. The number of hydrogen-bond acceptors (Lipinski definition) is 4. The number of guanidine groups is 1. The second-order valence-corrected chi connectivity index (χ2v) is 6.59. The van der Waals surface area contributed by atoms with Gasteiger partial charge in [0.15, 0.2) is 5.96 Å². The molecule has 1 fully saturated rings. The van der Waals surface area contributed by atoms with E-state index in [0.29, 0.717) is 12.0 Å². The molecule has 0 saturated carbocycles. The number of nitrogens with zero attached hydrogens (tertiary/aromatic N) is 1. The lowest BCUT2D eigenvalue weighted by molar-refractivity contribution is 0.0420. The molecule has 2 heterocycles. The summed E-state index contributed by atoms with van der Waals surface area (Å²) in [6.07, 6.45) is 2.29. The van der Waals surface area contributed by atoms with Crippen molar-refractivity contribution in [3.63, 3.8) is 0 Å². The molecule has 1 aliphatic heterocycles. The highest BCUT2D eigenvalue weighted by molar-refractivity contribution is 14.0. The number of ether oxygens (including phenoxy) is 2. The zero-order valence-electron chi connectivity index (χ0n) is 14.6. The summed E-state index contributed by atoms with van der Waals surface area (Å²) in [5.74, 6) is 1.33. The van der Waals surface area contributed by atoms with E-state index in [4.69, 9.17) is 9.47 Å². The third-order valence-electron chi connectivity index (χ3n) is 3.83. The zero-order valence-corrected chi connectivity index (χ0v) is 17.8. The van der Waals surface area contributed by atoms with Crippen LogP contribution in [0.5, 0.6) is 0 Å². The lowest BCUT2D eigenvalue weighted by Crippen LogP contribution is -2.38. The number of rotatable bonds is 9. The molecule has 1 aliphatic rings. The smallest absolute Gasteiger partial charge is 0.191 e. The predicted octanol–water partition coefficient (Wildman–Crippen LogP) is 3.22. The standard InChI is InChI=1S/C17H29N3O2S.HI/c1-3-18-17(20-11-14(2)15-6-10-23-13-15)19-7-4-8-22-16-5-9-21-12-16;/h6,10,13-14,16H,3-5,7-9,11-12H2,1-2H3,(H2,18,19,20);1H. The van der Waals surface area contributed by atoms with Gasteiger partial charge in [0.05, 0.1) is 12.7 Å². The molecule has 0 amide bonds. The van der Waals surface area contributed by atoms with Gasteiger partial charge in [-0.05, 0) is 42.2 Å². The first-order valence-electron chi connectivity index (χ1n) is 8.53. The molecule has 2 rings (SSSR count). The van der Waals surface area contributed by atoms with Crippen LogP contribution in [0.2, 0.25) is 0 Å². The van der Waals surface area contributed by atoms with Crippen molar-refractivity contribution in [3.05, 3.63) is 22.4 Å². The van der Waals surface area contributed by atoms with E-state index < -0.39 is 0 Å². The summed E-state index contributed by atoms with van der Waals surface area (Å²) < 4.78 is 11.1. The third kappa shape index (κ3) is 8.13. The number of aliphatic imine (C=N–C) groups is 1. The van der Waals surface area contributed by atoms with Gasteiger partial charge >= 0.3 is 0 Å². The van der Waals surface area contributed by atoms with Crippen LogP contribution in [0.15, 0.2) is 21.8 Å². The van der Waals surface area contributed by atoms with Crippen molar-refractivity contribution in [1.29, 1.82) is 0 Å². The maximum Gasteiger partial charge on any atom is 0.191 e. The van der Waals surface area contributed by atoms with Gasteiger partial charge in [0, 0.05) is 38.8 Å². The van der Waals surface area contributed by atoms with Gasteiger partial charge < -0.3 is 20.1 Å². The van der Waals surface area contributed by atoms with Crippen LogP contribution in [-0.4, -0.2) is 51.5 Å². The van der Waals surface area contributed by atoms with E-state index in [-0.39, 0.29) is 24.0 Å². The monoisotopic (exact) mass is 467 g/mol. The molecule has 0 aromatic carbocycles. The summed E-state index contributed by atoms with van der Waals surface area (Å²) in [7, 11) is 0. The van der Waals surface area contributed by atoms with Crippen LogP contribution in [0.3, 0.4) is 0 Å². The van der Waals surface area contributed by atoms with Crippen molar-refractivity contribution in [2.24, 2.45) is 4.99 Å². The Bertz CT molecular complexity index is 451. The summed E-state index contributed by atoms with van der Waals surface area (Å²) in [5, 5.41) is 11.0. The van der Waals surface area contributed by atoms with Gasteiger partial charge in [-0.1, -0.05) is 6.92 Å². The van der Waals surface area contributed by atoms with Gasteiger partial charge in [-0.25, -0.2) is 0 Å². The van der Waals surface area contributed by atoms with Gasteiger partial charge in [-0.2, -0.15) is 11.3 Å². The summed E-state index contributed by atoms with van der Waals surface area (Å²) in [4.78, 5) is 4.68. The quantitative estimate of drug-likeness (QED) is 0.254. The average Bonchev–Trinajstić information content (AvgIpc) is 3.25. The van der Waals surface area contributed by atoms with Gasteiger partial charge in [-0.15, -0.1) is 24.0 Å². The van der Waals surface area contributed by atoms with Crippen LogP contribution >= 0.6 is 35.3 Å². The molecule has 5 nitrogen and oxygen atoms in total.